The molecule has 0 saturated heterocycles. The fraction of sp³-hybridized carbons (Fsp3) is 0.600. The van der Waals surface area contributed by atoms with Crippen LogP contribution >= 0.6 is 15.9 Å². The molecule has 1 aromatic carbocycles. The number of benzene rings is 1. The lowest BCUT2D eigenvalue weighted by molar-refractivity contribution is 0.0922. The summed E-state index contributed by atoms with van der Waals surface area (Å²) in [6.07, 6.45) is -0.595. The monoisotopic (exact) mass is 361 g/mol. The summed E-state index contributed by atoms with van der Waals surface area (Å²) in [5.41, 5.74) is 0.937. The summed E-state index contributed by atoms with van der Waals surface area (Å²) in [4.78, 5) is 0. The van der Waals surface area contributed by atoms with Crippen LogP contribution in [0.25, 0.3) is 0 Å². The molecule has 2 N–H and O–H groups in total. The maximum Gasteiger partial charge on any atom is 0.0976 e. The maximum atomic E-state index is 12.3. The van der Waals surface area contributed by atoms with Crippen molar-refractivity contribution in [2.75, 3.05) is 0 Å². The van der Waals surface area contributed by atoms with Gasteiger partial charge in [0.05, 0.1) is 27.9 Å². The van der Waals surface area contributed by atoms with Crippen LogP contribution in [-0.2, 0) is 11.0 Å². The summed E-state index contributed by atoms with van der Waals surface area (Å²) in [5, 5.41) is 10.4. The third-order valence-electron chi connectivity index (χ3n) is 3.04. The van der Waals surface area contributed by atoms with Crippen molar-refractivity contribution < 1.29 is 9.32 Å². The normalized spacial score (nSPS) is 17.0. The van der Waals surface area contributed by atoms with Crippen LogP contribution in [0.4, 0.5) is 0 Å². The van der Waals surface area contributed by atoms with Crippen LogP contribution in [0.1, 0.15) is 46.2 Å². The molecule has 0 aromatic heterocycles. The highest BCUT2D eigenvalue weighted by Crippen LogP contribution is 2.25. The maximum absolute atomic E-state index is 12.3. The highest BCUT2D eigenvalue weighted by molar-refractivity contribution is 9.10. The summed E-state index contributed by atoms with van der Waals surface area (Å²) in [7, 11) is -1.23. The van der Waals surface area contributed by atoms with Gasteiger partial charge in [-0.2, -0.15) is 0 Å². The quantitative estimate of drug-likeness (QED) is 0.842. The lowest BCUT2D eigenvalue weighted by Crippen LogP contribution is -2.41. The predicted molar refractivity (Wildman–Crippen MR) is 88.8 cm³/mol. The van der Waals surface area contributed by atoms with Gasteiger partial charge < -0.3 is 5.11 Å². The molecule has 3 atom stereocenters. The van der Waals surface area contributed by atoms with E-state index in [-0.39, 0.29) is 16.7 Å². The minimum Gasteiger partial charge on any atom is -0.391 e. The molecule has 0 aliphatic carbocycles. The average molecular weight is 362 g/mol. The minimum absolute atomic E-state index is 0.0770. The van der Waals surface area contributed by atoms with Gasteiger partial charge in [0, 0.05) is 4.47 Å². The van der Waals surface area contributed by atoms with E-state index < -0.39 is 17.1 Å². The Hall–Kier alpha value is -0.230. The topological polar surface area (TPSA) is 49.3 Å². The number of nitrogens with one attached hydrogen (secondary N) is 1. The summed E-state index contributed by atoms with van der Waals surface area (Å²) < 4.78 is 16.0. The molecular weight excluding hydrogens is 338 g/mol. The van der Waals surface area contributed by atoms with Gasteiger partial charge in [0.2, 0.25) is 0 Å². The zero-order valence-corrected chi connectivity index (χ0v) is 15.1. The van der Waals surface area contributed by atoms with E-state index >= 15 is 0 Å². The second kappa shape index (κ2) is 7.16. The Morgan fingerprint density at radius 1 is 1.20 bits per heavy atom. The first-order valence-corrected chi connectivity index (χ1v) is 8.69. The lowest BCUT2D eigenvalue weighted by atomic mass is 9.94. The molecule has 0 radical (unpaired) electrons. The van der Waals surface area contributed by atoms with Gasteiger partial charge in [-0.25, -0.2) is 8.93 Å². The fourth-order valence-corrected chi connectivity index (χ4v) is 2.81. The van der Waals surface area contributed by atoms with E-state index in [0.717, 1.165) is 10.0 Å². The molecule has 0 unspecified atom stereocenters. The summed E-state index contributed by atoms with van der Waals surface area (Å²) in [6.45, 7) is 9.65. The molecular formula is C15H24BrNO2S. The Bertz CT molecular complexity index is 454. The van der Waals surface area contributed by atoms with Crippen molar-refractivity contribution in [1.29, 1.82) is 0 Å². The zero-order chi connectivity index (χ0) is 15.5. The van der Waals surface area contributed by atoms with E-state index in [9.17, 15) is 9.32 Å². The third-order valence-corrected chi connectivity index (χ3v) is 5.15. The van der Waals surface area contributed by atoms with Crippen LogP contribution in [-0.4, -0.2) is 20.2 Å². The standard InChI is InChI=1S/C15H24BrNO2S/c1-10(2)14(18)13(17-20(19)15(3,4)5)11-6-8-12(16)9-7-11/h6-10,13-14,17-18H,1-5H3/t13-,14+,20+/m0/s1. The smallest absolute Gasteiger partial charge is 0.0976 e. The van der Waals surface area contributed by atoms with Gasteiger partial charge in [-0.05, 0) is 44.4 Å². The Balaban J connectivity index is 3.03. The van der Waals surface area contributed by atoms with Crippen LogP contribution in [0.2, 0.25) is 0 Å². The molecule has 3 nitrogen and oxygen atoms in total. The molecule has 20 heavy (non-hydrogen) atoms. The minimum atomic E-state index is -1.23. The van der Waals surface area contributed by atoms with E-state index in [1.165, 1.54) is 0 Å². The zero-order valence-electron chi connectivity index (χ0n) is 12.7. The number of hydrogen-bond donors (Lipinski definition) is 2. The summed E-state index contributed by atoms with van der Waals surface area (Å²) >= 11 is 3.40. The highest BCUT2D eigenvalue weighted by Gasteiger charge is 2.29. The van der Waals surface area contributed by atoms with E-state index in [0.29, 0.717) is 0 Å². The molecule has 0 aliphatic heterocycles. The molecule has 0 bridgehead atoms. The number of aliphatic hydroxyl groups is 1. The molecule has 114 valence electrons. The van der Waals surface area contributed by atoms with Crippen molar-refractivity contribution in [2.45, 2.75) is 51.5 Å². The molecule has 1 aromatic rings. The van der Waals surface area contributed by atoms with Gasteiger partial charge in [0.1, 0.15) is 0 Å². The molecule has 0 fully saturated rings. The fourth-order valence-electron chi connectivity index (χ4n) is 1.68. The predicted octanol–water partition coefficient (Wildman–Crippen LogP) is 3.56. The second-order valence-electron chi connectivity index (χ2n) is 6.26. The van der Waals surface area contributed by atoms with Crippen molar-refractivity contribution in [1.82, 2.24) is 4.72 Å². The highest BCUT2D eigenvalue weighted by atomic mass is 79.9. The van der Waals surface area contributed by atoms with Crippen molar-refractivity contribution in [3.63, 3.8) is 0 Å². The summed E-state index contributed by atoms with van der Waals surface area (Å²) in [6, 6.07) is 7.39. The molecule has 0 amide bonds. The first-order valence-electron chi connectivity index (χ1n) is 6.74. The Morgan fingerprint density at radius 3 is 2.10 bits per heavy atom. The van der Waals surface area contributed by atoms with Crippen molar-refractivity contribution in [3.05, 3.63) is 34.3 Å². The number of hydrogen-bond acceptors (Lipinski definition) is 2. The van der Waals surface area contributed by atoms with Crippen molar-refractivity contribution in [3.8, 4) is 0 Å². The van der Waals surface area contributed by atoms with Gasteiger partial charge in [0.15, 0.2) is 0 Å². The first kappa shape index (κ1) is 17.8. The van der Waals surface area contributed by atoms with E-state index in [1.54, 1.807) is 0 Å². The number of rotatable bonds is 5. The van der Waals surface area contributed by atoms with Gasteiger partial charge >= 0.3 is 0 Å². The lowest BCUT2D eigenvalue weighted by Gasteiger charge is -2.30. The van der Waals surface area contributed by atoms with Crippen LogP contribution in [0.15, 0.2) is 28.7 Å². The first-order chi connectivity index (χ1) is 9.12. The molecule has 0 aliphatic rings. The largest absolute Gasteiger partial charge is 0.391 e. The molecule has 0 spiro atoms. The van der Waals surface area contributed by atoms with Gasteiger partial charge in [0.25, 0.3) is 0 Å². The van der Waals surface area contributed by atoms with Crippen LogP contribution < -0.4 is 4.72 Å². The Morgan fingerprint density at radius 2 is 1.70 bits per heavy atom. The molecule has 0 saturated carbocycles. The van der Waals surface area contributed by atoms with E-state index in [1.807, 2.05) is 58.9 Å². The van der Waals surface area contributed by atoms with Gasteiger partial charge in [-0.1, -0.05) is 41.9 Å². The van der Waals surface area contributed by atoms with E-state index in [4.69, 9.17) is 0 Å². The van der Waals surface area contributed by atoms with Crippen molar-refractivity contribution in [2.24, 2.45) is 5.92 Å². The average Bonchev–Trinajstić information content (AvgIpc) is 2.34. The van der Waals surface area contributed by atoms with Crippen LogP contribution in [0.3, 0.4) is 0 Å². The van der Waals surface area contributed by atoms with Crippen LogP contribution in [0, 0.1) is 5.92 Å². The van der Waals surface area contributed by atoms with Crippen molar-refractivity contribution >= 4 is 26.9 Å². The Kier molecular flexibility index (Phi) is 6.38. The Labute approximate surface area is 132 Å². The number of aliphatic hydroxyl groups excluding tert-OH is 1. The van der Waals surface area contributed by atoms with Crippen LogP contribution in [0.5, 0.6) is 0 Å². The summed E-state index contributed by atoms with van der Waals surface area (Å²) in [5.74, 6) is 0.0770. The molecule has 1 rings (SSSR count). The number of halogens is 1. The second-order valence-corrected chi connectivity index (χ2v) is 9.18. The SMILES string of the molecule is CC(C)[C@@H](O)[C@@H](N[S@](=O)C(C)(C)C)c1ccc(Br)cc1. The third kappa shape index (κ3) is 4.95. The van der Waals surface area contributed by atoms with E-state index in [2.05, 4.69) is 20.7 Å². The van der Waals surface area contributed by atoms with Gasteiger partial charge in [-0.15, -0.1) is 0 Å². The van der Waals surface area contributed by atoms with Gasteiger partial charge in [-0.3, -0.25) is 0 Å². The molecule has 0 heterocycles. The molecule has 5 heteroatoms.